The van der Waals surface area contributed by atoms with Crippen LogP contribution >= 0.6 is 0 Å². The van der Waals surface area contributed by atoms with E-state index in [-0.39, 0.29) is 16.6 Å². The Hall–Kier alpha value is -3.43. The van der Waals surface area contributed by atoms with Gasteiger partial charge in [-0.05, 0) is 18.2 Å². The molecule has 0 aliphatic carbocycles. The summed E-state index contributed by atoms with van der Waals surface area (Å²) in [5, 5.41) is 3.10. The highest BCUT2D eigenvalue weighted by molar-refractivity contribution is 6.00. The second-order valence-electron chi connectivity index (χ2n) is 5.34. The largest absolute Gasteiger partial charge is 0.435 e. The molecule has 1 aromatic carbocycles. The molecule has 3 rings (SSSR count). The van der Waals surface area contributed by atoms with Crippen LogP contribution in [0.25, 0.3) is 11.0 Å². The van der Waals surface area contributed by atoms with E-state index in [9.17, 15) is 22.8 Å². The highest BCUT2D eigenvalue weighted by Gasteiger charge is 2.37. The standard InChI is InChI=1S/C16H12F3N5O2/c1-24-13-11(12(23-24)16(17,18)19)7-10(8-20-13)15(26)22-21-14(25)9-5-3-2-4-6-9/h2-8H,1H3,(H,21,25)(H,22,26). The van der Waals surface area contributed by atoms with Gasteiger partial charge in [0.1, 0.15) is 0 Å². The summed E-state index contributed by atoms with van der Waals surface area (Å²) < 4.78 is 40.1. The molecule has 0 aliphatic rings. The number of nitrogens with zero attached hydrogens (tertiary/aromatic N) is 3. The molecule has 0 saturated heterocycles. The van der Waals surface area contributed by atoms with Gasteiger partial charge >= 0.3 is 6.18 Å². The predicted molar refractivity (Wildman–Crippen MR) is 84.9 cm³/mol. The molecular weight excluding hydrogens is 351 g/mol. The number of halogens is 3. The third kappa shape index (κ3) is 3.34. The lowest BCUT2D eigenvalue weighted by molar-refractivity contribution is -0.140. The van der Waals surface area contributed by atoms with E-state index in [1.54, 1.807) is 30.3 Å². The lowest BCUT2D eigenvalue weighted by Crippen LogP contribution is -2.41. The zero-order chi connectivity index (χ0) is 18.9. The Labute approximate surface area is 144 Å². The molecule has 2 amide bonds. The Bertz CT molecular complexity index is 983. The van der Waals surface area contributed by atoms with E-state index in [1.165, 1.54) is 7.05 Å². The number of benzene rings is 1. The van der Waals surface area contributed by atoms with Gasteiger partial charge in [-0.15, -0.1) is 0 Å². The van der Waals surface area contributed by atoms with Gasteiger partial charge in [-0.25, -0.2) is 9.67 Å². The van der Waals surface area contributed by atoms with Gasteiger partial charge in [-0.3, -0.25) is 20.4 Å². The van der Waals surface area contributed by atoms with Crippen molar-refractivity contribution in [3.8, 4) is 0 Å². The van der Waals surface area contributed by atoms with Crippen LogP contribution in [0.3, 0.4) is 0 Å². The minimum Gasteiger partial charge on any atom is -0.267 e. The van der Waals surface area contributed by atoms with E-state index in [0.717, 1.165) is 16.9 Å². The van der Waals surface area contributed by atoms with Crippen molar-refractivity contribution in [3.63, 3.8) is 0 Å². The van der Waals surface area contributed by atoms with Gasteiger partial charge in [0.15, 0.2) is 11.3 Å². The van der Waals surface area contributed by atoms with Gasteiger partial charge in [-0.2, -0.15) is 18.3 Å². The van der Waals surface area contributed by atoms with Crippen LogP contribution in [0.2, 0.25) is 0 Å². The molecule has 7 nitrogen and oxygen atoms in total. The maximum Gasteiger partial charge on any atom is 0.435 e. The monoisotopic (exact) mass is 363 g/mol. The second-order valence-corrected chi connectivity index (χ2v) is 5.34. The molecule has 0 saturated carbocycles. The molecule has 0 aliphatic heterocycles. The number of hydrogen-bond donors (Lipinski definition) is 2. The average molecular weight is 363 g/mol. The molecule has 10 heteroatoms. The van der Waals surface area contributed by atoms with Crippen molar-refractivity contribution in [1.82, 2.24) is 25.6 Å². The van der Waals surface area contributed by atoms with Crippen molar-refractivity contribution < 1.29 is 22.8 Å². The highest BCUT2D eigenvalue weighted by Crippen LogP contribution is 2.33. The number of nitrogens with one attached hydrogen (secondary N) is 2. The molecule has 3 aromatic rings. The van der Waals surface area contributed by atoms with Crippen molar-refractivity contribution in [2.24, 2.45) is 7.05 Å². The van der Waals surface area contributed by atoms with E-state index >= 15 is 0 Å². The number of rotatable bonds is 2. The van der Waals surface area contributed by atoms with Crippen molar-refractivity contribution >= 4 is 22.8 Å². The minimum absolute atomic E-state index is 0.0119. The fourth-order valence-electron chi connectivity index (χ4n) is 2.32. The number of amides is 2. The maximum atomic E-state index is 13.0. The first-order chi connectivity index (χ1) is 12.3. The topological polar surface area (TPSA) is 88.9 Å². The molecule has 26 heavy (non-hydrogen) atoms. The average Bonchev–Trinajstić information content (AvgIpc) is 2.96. The van der Waals surface area contributed by atoms with Crippen LogP contribution in [-0.4, -0.2) is 26.6 Å². The Balaban J connectivity index is 1.81. The van der Waals surface area contributed by atoms with E-state index in [0.29, 0.717) is 5.56 Å². The molecule has 0 spiro atoms. The molecule has 0 fully saturated rings. The fraction of sp³-hybridized carbons (Fsp3) is 0.125. The highest BCUT2D eigenvalue weighted by atomic mass is 19.4. The van der Waals surface area contributed by atoms with Crippen molar-refractivity contribution in [2.45, 2.75) is 6.18 Å². The Kier molecular flexibility index (Phi) is 4.33. The Morgan fingerprint density at radius 1 is 1.04 bits per heavy atom. The SMILES string of the molecule is Cn1nc(C(F)(F)F)c2cc(C(=O)NNC(=O)c3ccccc3)cnc21. The number of alkyl halides is 3. The number of hydrogen-bond acceptors (Lipinski definition) is 4. The molecule has 0 atom stereocenters. The molecule has 134 valence electrons. The van der Waals surface area contributed by atoms with Gasteiger partial charge in [0.05, 0.1) is 10.9 Å². The van der Waals surface area contributed by atoms with Crippen molar-refractivity contribution in [2.75, 3.05) is 0 Å². The normalized spacial score (nSPS) is 11.4. The second kappa shape index (κ2) is 6.47. The zero-order valence-corrected chi connectivity index (χ0v) is 13.3. The summed E-state index contributed by atoms with van der Waals surface area (Å²) in [7, 11) is 1.32. The van der Waals surface area contributed by atoms with Crippen LogP contribution in [0.4, 0.5) is 13.2 Å². The maximum absolute atomic E-state index is 13.0. The van der Waals surface area contributed by atoms with Gasteiger partial charge in [-0.1, -0.05) is 18.2 Å². The van der Waals surface area contributed by atoms with Gasteiger partial charge in [0.2, 0.25) is 0 Å². The fourth-order valence-corrected chi connectivity index (χ4v) is 2.32. The molecular formula is C16H12F3N5O2. The molecule has 2 heterocycles. The first kappa shape index (κ1) is 17.4. The number of aromatic nitrogens is 3. The number of carbonyl (C=O) groups excluding carboxylic acids is 2. The lowest BCUT2D eigenvalue weighted by atomic mass is 10.2. The summed E-state index contributed by atoms with van der Waals surface area (Å²) >= 11 is 0. The first-order valence-corrected chi connectivity index (χ1v) is 7.33. The summed E-state index contributed by atoms with van der Waals surface area (Å²) in [6, 6.07) is 9.14. The van der Waals surface area contributed by atoms with Crippen LogP contribution in [0.1, 0.15) is 26.4 Å². The minimum atomic E-state index is -4.68. The summed E-state index contributed by atoms with van der Waals surface area (Å²) in [5.41, 5.74) is 3.34. The molecule has 0 bridgehead atoms. The number of fused-ring (bicyclic) bond motifs is 1. The van der Waals surface area contributed by atoms with Crippen LogP contribution in [-0.2, 0) is 13.2 Å². The summed E-state index contributed by atoms with van der Waals surface area (Å²) in [6.45, 7) is 0. The van der Waals surface area contributed by atoms with Crippen LogP contribution < -0.4 is 10.9 Å². The lowest BCUT2D eigenvalue weighted by Gasteiger charge is -2.08. The van der Waals surface area contributed by atoms with E-state index in [4.69, 9.17) is 0 Å². The number of hydrazine groups is 1. The first-order valence-electron chi connectivity index (χ1n) is 7.33. The predicted octanol–water partition coefficient (Wildman–Crippen LogP) is 2.06. The smallest absolute Gasteiger partial charge is 0.267 e. The number of pyridine rings is 1. The van der Waals surface area contributed by atoms with E-state index in [2.05, 4.69) is 20.9 Å². The van der Waals surface area contributed by atoms with Gasteiger partial charge in [0.25, 0.3) is 11.8 Å². The van der Waals surface area contributed by atoms with Crippen LogP contribution in [0.15, 0.2) is 42.6 Å². The third-order valence-electron chi connectivity index (χ3n) is 3.53. The molecule has 0 radical (unpaired) electrons. The van der Waals surface area contributed by atoms with Gasteiger partial charge < -0.3 is 0 Å². The van der Waals surface area contributed by atoms with Crippen LogP contribution in [0, 0.1) is 0 Å². The number of carbonyl (C=O) groups is 2. The Morgan fingerprint density at radius 3 is 2.27 bits per heavy atom. The summed E-state index contributed by atoms with van der Waals surface area (Å²) in [4.78, 5) is 27.8. The van der Waals surface area contributed by atoms with E-state index < -0.39 is 23.7 Å². The molecule has 2 aromatic heterocycles. The quantitative estimate of drug-likeness (QED) is 0.682. The summed E-state index contributed by atoms with van der Waals surface area (Å²) in [5.74, 6) is -1.37. The number of aryl methyl sites for hydroxylation is 1. The van der Waals surface area contributed by atoms with E-state index in [1.807, 2.05) is 0 Å². The zero-order valence-electron chi connectivity index (χ0n) is 13.3. The van der Waals surface area contributed by atoms with Crippen LogP contribution in [0.5, 0.6) is 0 Å². The van der Waals surface area contributed by atoms with Crippen molar-refractivity contribution in [1.29, 1.82) is 0 Å². The van der Waals surface area contributed by atoms with Gasteiger partial charge in [0, 0.05) is 18.8 Å². The third-order valence-corrected chi connectivity index (χ3v) is 3.53. The molecule has 0 unspecified atom stereocenters. The van der Waals surface area contributed by atoms with Crippen molar-refractivity contribution in [3.05, 3.63) is 59.4 Å². The molecule has 2 N–H and O–H groups in total. The summed E-state index contributed by atoms with van der Waals surface area (Å²) in [6.07, 6.45) is -3.58. The Morgan fingerprint density at radius 2 is 1.65 bits per heavy atom.